The Morgan fingerprint density at radius 2 is 2.03 bits per heavy atom. The first-order chi connectivity index (χ1) is 15.1. The Labute approximate surface area is 180 Å². The van der Waals surface area contributed by atoms with Gasteiger partial charge in [-0.3, -0.25) is 0 Å². The number of aromatic nitrogens is 4. The summed E-state index contributed by atoms with van der Waals surface area (Å²) < 4.78 is 0. The predicted octanol–water partition coefficient (Wildman–Crippen LogP) is 1.25. The zero-order valence-corrected chi connectivity index (χ0v) is 17.2. The number of nitrogens with two attached hydrogens (primary N) is 2. The number of phenols is 1. The smallest absolute Gasteiger partial charge is 0.206 e. The van der Waals surface area contributed by atoms with Crippen LogP contribution in [-0.4, -0.2) is 57.5 Å². The van der Waals surface area contributed by atoms with Gasteiger partial charge in [0, 0.05) is 37.4 Å². The number of hydrogen-bond acceptors (Lipinski definition) is 9. The van der Waals surface area contributed by atoms with Gasteiger partial charge in [0.05, 0.1) is 17.9 Å². The Morgan fingerprint density at radius 1 is 1.19 bits per heavy atom. The van der Waals surface area contributed by atoms with Crippen molar-refractivity contribution in [1.29, 1.82) is 0 Å². The molecular formula is C22H24N8O. The third-order valence-electron chi connectivity index (χ3n) is 5.19. The Kier molecular flexibility index (Phi) is 5.82. The van der Waals surface area contributed by atoms with Crippen molar-refractivity contribution in [2.24, 2.45) is 5.73 Å². The lowest BCUT2D eigenvalue weighted by Crippen LogP contribution is -2.52. The van der Waals surface area contributed by atoms with Crippen LogP contribution < -0.4 is 21.3 Å². The third-order valence-corrected chi connectivity index (χ3v) is 5.19. The van der Waals surface area contributed by atoms with Crippen molar-refractivity contribution >= 4 is 17.3 Å². The van der Waals surface area contributed by atoms with Crippen LogP contribution in [0.5, 0.6) is 5.75 Å². The molecule has 0 amide bonds. The summed E-state index contributed by atoms with van der Waals surface area (Å²) in [5.41, 5.74) is 13.6. The van der Waals surface area contributed by atoms with Crippen molar-refractivity contribution in [2.45, 2.75) is 13.0 Å². The number of hydrogen-bond donors (Lipinski definition) is 3. The zero-order chi connectivity index (χ0) is 21.8. The second-order valence-electron chi connectivity index (χ2n) is 7.25. The Bertz CT molecular complexity index is 1140. The van der Waals surface area contributed by atoms with Gasteiger partial charge in [-0.15, -0.1) is 10.2 Å². The number of para-hydroxylation sites is 1. The molecule has 2 aromatic heterocycles. The minimum Gasteiger partial charge on any atom is -0.507 e. The van der Waals surface area contributed by atoms with Gasteiger partial charge in [0.1, 0.15) is 11.6 Å². The molecule has 0 radical (unpaired) electrons. The summed E-state index contributed by atoms with van der Waals surface area (Å²) in [6.07, 6.45) is 1.71. The number of piperazine rings is 1. The van der Waals surface area contributed by atoms with Crippen molar-refractivity contribution in [1.82, 2.24) is 20.2 Å². The summed E-state index contributed by atoms with van der Waals surface area (Å²) in [4.78, 5) is 13.1. The van der Waals surface area contributed by atoms with Gasteiger partial charge in [0.15, 0.2) is 5.82 Å². The van der Waals surface area contributed by atoms with Gasteiger partial charge in [-0.05, 0) is 37.1 Å². The average Bonchev–Trinajstić information content (AvgIpc) is 2.79. The second-order valence-corrected chi connectivity index (χ2v) is 7.25. The number of nitrogens with zero attached hydrogens (tertiary/aromatic N) is 6. The molecule has 1 atom stereocenters. The van der Waals surface area contributed by atoms with Crippen LogP contribution in [0, 0.1) is 11.8 Å². The van der Waals surface area contributed by atoms with Crippen LogP contribution in [0.2, 0.25) is 0 Å². The van der Waals surface area contributed by atoms with Crippen molar-refractivity contribution in [3.8, 4) is 28.8 Å². The largest absolute Gasteiger partial charge is 0.507 e. The first kappa shape index (κ1) is 20.4. The topological polar surface area (TPSA) is 130 Å². The molecule has 4 rings (SSSR count). The van der Waals surface area contributed by atoms with Gasteiger partial charge in [0.25, 0.3) is 0 Å². The average molecular weight is 416 g/mol. The second kappa shape index (κ2) is 8.85. The quantitative estimate of drug-likeness (QED) is 0.540. The van der Waals surface area contributed by atoms with Crippen LogP contribution in [0.1, 0.15) is 12.7 Å². The molecule has 1 aromatic carbocycles. The van der Waals surface area contributed by atoms with E-state index in [0.717, 1.165) is 31.1 Å². The van der Waals surface area contributed by atoms with Gasteiger partial charge in [-0.1, -0.05) is 18.1 Å². The highest BCUT2D eigenvalue weighted by molar-refractivity contribution is 5.74. The molecule has 0 aliphatic carbocycles. The van der Waals surface area contributed by atoms with Gasteiger partial charge in [0.2, 0.25) is 5.82 Å². The highest BCUT2D eigenvalue weighted by Gasteiger charge is 2.27. The predicted molar refractivity (Wildman–Crippen MR) is 121 cm³/mol. The fourth-order valence-electron chi connectivity index (χ4n) is 3.68. The Balaban J connectivity index is 1.56. The molecule has 1 aliphatic heterocycles. The Morgan fingerprint density at radius 3 is 2.81 bits per heavy atom. The lowest BCUT2D eigenvalue weighted by molar-refractivity contribution is 0.477. The summed E-state index contributed by atoms with van der Waals surface area (Å²) in [6.45, 7) is 4.62. The first-order valence-corrected chi connectivity index (χ1v) is 10.0. The van der Waals surface area contributed by atoms with Crippen LogP contribution in [-0.2, 0) is 0 Å². The number of benzene rings is 1. The number of nitrogen functional groups attached to an aromatic ring is 1. The van der Waals surface area contributed by atoms with E-state index in [4.69, 9.17) is 11.5 Å². The summed E-state index contributed by atoms with van der Waals surface area (Å²) >= 11 is 0. The van der Waals surface area contributed by atoms with Gasteiger partial charge in [-0.2, -0.15) is 0 Å². The van der Waals surface area contributed by atoms with Crippen molar-refractivity contribution in [2.75, 3.05) is 41.7 Å². The minimum absolute atomic E-state index is 0.144. The van der Waals surface area contributed by atoms with E-state index >= 15 is 0 Å². The molecule has 1 saturated heterocycles. The van der Waals surface area contributed by atoms with E-state index in [9.17, 15) is 5.11 Å². The molecular weight excluding hydrogens is 392 g/mol. The van der Waals surface area contributed by atoms with E-state index in [2.05, 4.69) is 48.7 Å². The number of phenolic OH excluding ortho intramolecular Hbond substituents is 1. The van der Waals surface area contributed by atoms with Crippen molar-refractivity contribution in [3.05, 3.63) is 48.4 Å². The van der Waals surface area contributed by atoms with Crippen LogP contribution in [0.25, 0.3) is 11.3 Å². The first-order valence-electron chi connectivity index (χ1n) is 10.0. The molecule has 9 nitrogen and oxygen atoms in total. The lowest BCUT2D eigenvalue weighted by atomic mass is 10.1. The van der Waals surface area contributed by atoms with E-state index < -0.39 is 0 Å². The molecule has 0 spiro atoms. The van der Waals surface area contributed by atoms with Crippen LogP contribution in [0.3, 0.4) is 0 Å². The van der Waals surface area contributed by atoms with E-state index in [1.54, 1.807) is 24.4 Å². The summed E-state index contributed by atoms with van der Waals surface area (Å²) in [5.74, 6) is 7.47. The summed E-state index contributed by atoms with van der Waals surface area (Å²) in [5, 5.41) is 18.5. The van der Waals surface area contributed by atoms with Gasteiger partial charge >= 0.3 is 0 Å². The zero-order valence-electron chi connectivity index (χ0n) is 17.2. The molecule has 0 saturated carbocycles. The van der Waals surface area contributed by atoms with Crippen LogP contribution in [0.4, 0.5) is 17.3 Å². The molecule has 5 N–H and O–H groups in total. The molecule has 9 heteroatoms. The van der Waals surface area contributed by atoms with E-state index in [1.807, 2.05) is 18.2 Å². The molecule has 1 unspecified atom stereocenters. The van der Waals surface area contributed by atoms with Gasteiger partial charge in [-0.25, -0.2) is 9.97 Å². The molecule has 3 heterocycles. The van der Waals surface area contributed by atoms with Gasteiger partial charge < -0.3 is 26.4 Å². The molecule has 0 bridgehead atoms. The maximum Gasteiger partial charge on any atom is 0.206 e. The lowest BCUT2D eigenvalue weighted by Gasteiger charge is -2.41. The molecule has 158 valence electrons. The number of aromatic hydroxyl groups is 1. The van der Waals surface area contributed by atoms with Crippen molar-refractivity contribution in [3.63, 3.8) is 0 Å². The van der Waals surface area contributed by atoms with E-state index in [-0.39, 0.29) is 18.3 Å². The van der Waals surface area contributed by atoms with Crippen LogP contribution in [0.15, 0.2) is 42.6 Å². The molecule has 1 aliphatic rings. The molecule has 31 heavy (non-hydrogen) atoms. The maximum atomic E-state index is 10.2. The molecule has 1 fully saturated rings. The minimum atomic E-state index is 0.144. The highest BCUT2D eigenvalue weighted by atomic mass is 16.3. The normalized spacial score (nSPS) is 16.0. The highest BCUT2D eigenvalue weighted by Crippen LogP contribution is 2.33. The number of rotatable bonds is 3. The number of anilines is 3. The maximum absolute atomic E-state index is 10.2. The fourth-order valence-corrected chi connectivity index (χ4v) is 3.68. The standard InChI is InChI=1S/C22H24N8O/c1-15-14-29(21-8-10-25-20(26-21)7-4-9-23)11-12-30(15)18-13-17(27-28-22(18)24)16-5-2-3-6-19(16)31/h2-3,5-6,8,10,13,15,31H,9,11-12,14,23H2,1H3,(H2,24,28). The summed E-state index contributed by atoms with van der Waals surface area (Å²) in [6, 6.07) is 11.0. The fraction of sp³-hybridized carbons (Fsp3) is 0.273. The molecule has 3 aromatic rings. The SMILES string of the molecule is CC1CN(c2ccnc(C#CCN)n2)CCN1c1cc(-c2ccccc2O)nnc1N. The third kappa shape index (κ3) is 4.34. The summed E-state index contributed by atoms with van der Waals surface area (Å²) in [7, 11) is 0. The van der Waals surface area contributed by atoms with Crippen molar-refractivity contribution < 1.29 is 5.11 Å². The van der Waals surface area contributed by atoms with E-state index in [0.29, 0.717) is 22.9 Å². The van der Waals surface area contributed by atoms with Crippen LogP contribution >= 0.6 is 0 Å². The monoisotopic (exact) mass is 416 g/mol. The Hall–Kier alpha value is -3.90. The van der Waals surface area contributed by atoms with E-state index in [1.165, 1.54) is 0 Å².